The molecular formula is C33H24N2O4. The molecule has 0 N–H and O–H groups in total. The number of rotatable bonds is 4. The molecule has 0 saturated carbocycles. The molecule has 3 atom stereocenters. The number of hydrogen-bond donors (Lipinski definition) is 0. The highest BCUT2D eigenvalue weighted by molar-refractivity contribution is 6.31. The zero-order valence-electron chi connectivity index (χ0n) is 21.2. The van der Waals surface area contributed by atoms with Crippen molar-refractivity contribution in [3.8, 4) is 5.75 Å². The van der Waals surface area contributed by atoms with Crippen molar-refractivity contribution in [2.45, 2.75) is 18.0 Å². The van der Waals surface area contributed by atoms with E-state index in [-0.39, 0.29) is 17.3 Å². The Labute approximate surface area is 225 Å². The summed E-state index contributed by atoms with van der Waals surface area (Å²) in [5.74, 6) is -0.878. The molecule has 6 nitrogen and oxygen atoms in total. The van der Waals surface area contributed by atoms with Gasteiger partial charge in [0.25, 0.3) is 0 Å². The van der Waals surface area contributed by atoms with Gasteiger partial charge in [-0.2, -0.15) is 5.10 Å². The summed E-state index contributed by atoms with van der Waals surface area (Å²) in [7, 11) is 1.58. The molecule has 0 bridgehead atoms. The van der Waals surface area contributed by atoms with Crippen LogP contribution in [0.5, 0.6) is 5.75 Å². The fraction of sp³-hybridized carbons (Fsp3) is 0.152. The summed E-state index contributed by atoms with van der Waals surface area (Å²) >= 11 is 0. The van der Waals surface area contributed by atoms with E-state index in [9.17, 15) is 14.4 Å². The first-order valence-corrected chi connectivity index (χ1v) is 12.9. The predicted octanol–water partition coefficient (Wildman–Crippen LogP) is 5.50. The van der Waals surface area contributed by atoms with Crippen LogP contribution in [0.15, 0.2) is 108 Å². The SMILES string of the molecule is COc1ccc([C@H]2[C@H](C(=O)c3ccccc3)N3N=Cc4ccccc4[C@@H]3C23C(=O)c2ccccc2C3=O)cc1. The second-order valence-electron chi connectivity index (χ2n) is 10.2. The highest BCUT2D eigenvalue weighted by Crippen LogP contribution is 2.64. The third kappa shape index (κ3) is 3.08. The number of Topliss-reactive ketones (excluding diaryl/α,β-unsaturated/α-hetero) is 3. The lowest BCUT2D eigenvalue weighted by Crippen LogP contribution is -2.43. The Morgan fingerprint density at radius 3 is 2.08 bits per heavy atom. The molecule has 39 heavy (non-hydrogen) atoms. The Hall–Kier alpha value is -4.84. The summed E-state index contributed by atoms with van der Waals surface area (Å²) in [5, 5.41) is 6.50. The molecule has 7 rings (SSSR count). The number of fused-ring (bicyclic) bond motifs is 5. The Balaban J connectivity index is 1.55. The lowest BCUT2D eigenvalue weighted by atomic mass is 9.63. The van der Waals surface area contributed by atoms with Crippen molar-refractivity contribution < 1.29 is 19.1 Å². The molecular weight excluding hydrogens is 488 g/mol. The third-order valence-electron chi connectivity index (χ3n) is 8.38. The Morgan fingerprint density at radius 2 is 1.41 bits per heavy atom. The maximum absolute atomic E-state index is 14.7. The minimum atomic E-state index is -1.58. The Bertz CT molecular complexity index is 1640. The third-order valence-corrected chi connectivity index (χ3v) is 8.38. The molecule has 1 spiro atoms. The molecule has 2 heterocycles. The van der Waals surface area contributed by atoms with E-state index in [0.717, 1.165) is 11.1 Å². The molecule has 1 fully saturated rings. The fourth-order valence-corrected chi connectivity index (χ4v) is 6.73. The predicted molar refractivity (Wildman–Crippen MR) is 146 cm³/mol. The van der Waals surface area contributed by atoms with Crippen LogP contribution in [0.4, 0.5) is 0 Å². The lowest BCUT2D eigenvalue weighted by Gasteiger charge is -2.36. The van der Waals surface area contributed by atoms with E-state index in [2.05, 4.69) is 0 Å². The minimum Gasteiger partial charge on any atom is -0.497 e. The molecule has 2 aliphatic heterocycles. The number of ketones is 3. The highest BCUT2D eigenvalue weighted by Gasteiger charge is 2.72. The van der Waals surface area contributed by atoms with Crippen LogP contribution in [-0.4, -0.2) is 41.7 Å². The van der Waals surface area contributed by atoms with Crippen LogP contribution < -0.4 is 4.74 Å². The zero-order chi connectivity index (χ0) is 26.7. The summed E-state index contributed by atoms with van der Waals surface area (Å²) in [4.78, 5) is 43.7. The largest absolute Gasteiger partial charge is 0.497 e. The number of methoxy groups -OCH3 is 1. The first kappa shape index (κ1) is 23.3. The summed E-state index contributed by atoms with van der Waals surface area (Å²) < 4.78 is 5.39. The van der Waals surface area contributed by atoms with Gasteiger partial charge in [0.15, 0.2) is 17.3 Å². The number of ether oxygens (including phenoxy) is 1. The maximum atomic E-state index is 14.7. The fourth-order valence-electron chi connectivity index (χ4n) is 6.73. The van der Waals surface area contributed by atoms with Crippen molar-refractivity contribution >= 4 is 23.6 Å². The molecule has 1 aliphatic carbocycles. The van der Waals surface area contributed by atoms with Gasteiger partial charge in [0.2, 0.25) is 0 Å². The van der Waals surface area contributed by atoms with Gasteiger partial charge in [-0.15, -0.1) is 0 Å². The molecule has 0 radical (unpaired) electrons. The van der Waals surface area contributed by atoms with Crippen molar-refractivity contribution in [2.75, 3.05) is 7.11 Å². The first-order valence-electron chi connectivity index (χ1n) is 12.9. The van der Waals surface area contributed by atoms with Crippen LogP contribution in [0, 0.1) is 5.41 Å². The van der Waals surface area contributed by atoms with E-state index in [1.165, 1.54) is 0 Å². The van der Waals surface area contributed by atoms with Crippen LogP contribution in [0.1, 0.15) is 59.7 Å². The summed E-state index contributed by atoms with van der Waals surface area (Å²) in [6.07, 6.45) is 1.72. The number of benzene rings is 4. The van der Waals surface area contributed by atoms with Crippen LogP contribution in [0.2, 0.25) is 0 Å². The lowest BCUT2D eigenvalue weighted by molar-refractivity contribution is 0.0586. The van der Waals surface area contributed by atoms with Gasteiger partial charge >= 0.3 is 0 Å². The number of hydrazone groups is 1. The van der Waals surface area contributed by atoms with Gasteiger partial charge < -0.3 is 4.74 Å². The van der Waals surface area contributed by atoms with E-state index in [1.54, 1.807) is 66.9 Å². The van der Waals surface area contributed by atoms with E-state index >= 15 is 0 Å². The van der Waals surface area contributed by atoms with Gasteiger partial charge in [-0.05, 0) is 28.8 Å². The quantitative estimate of drug-likeness (QED) is 0.267. The average Bonchev–Trinajstić information content (AvgIpc) is 3.43. The number of carbonyl (C=O) groups excluding carboxylic acids is 3. The van der Waals surface area contributed by atoms with E-state index in [1.807, 2.05) is 54.6 Å². The summed E-state index contributed by atoms with van der Waals surface area (Å²) in [6.45, 7) is 0. The van der Waals surface area contributed by atoms with Gasteiger partial charge in [-0.25, -0.2) is 0 Å². The Kier molecular flexibility index (Phi) is 5.13. The second kappa shape index (κ2) is 8.60. The zero-order valence-corrected chi connectivity index (χ0v) is 21.2. The molecule has 4 aromatic rings. The van der Waals surface area contributed by atoms with Crippen molar-refractivity contribution in [2.24, 2.45) is 10.5 Å². The second-order valence-corrected chi connectivity index (χ2v) is 10.2. The smallest absolute Gasteiger partial charge is 0.187 e. The summed E-state index contributed by atoms with van der Waals surface area (Å²) in [5.41, 5.74) is 2.05. The number of nitrogens with zero attached hydrogens (tertiary/aromatic N) is 2. The van der Waals surface area contributed by atoms with Gasteiger partial charge in [-0.3, -0.25) is 19.4 Å². The van der Waals surface area contributed by atoms with Crippen molar-refractivity contribution in [3.63, 3.8) is 0 Å². The summed E-state index contributed by atoms with van der Waals surface area (Å²) in [6, 6.07) is 29.3. The van der Waals surface area contributed by atoms with Gasteiger partial charge in [0.05, 0.1) is 19.4 Å². The van der Waals surface area contributed by atoms with Crippen LogP contribution in [0.25, 0.3) is 0 Å². The molecule has 0 aromatic heterocycles. The van der Waals surface area contributed by atoms with Crippen LogP contribution in [0.3, 0.4) is 0 Å². The number of carbonyl (C=O) groups is 3. The molecule has 190 valence electrons. The van der Waals surface area contributed by atoms with Gasteiger partial charge in [0.1, 0.15) is 17.2 Å². The van der Waals surface area contributed by atoms with E-state index in [0.29, 0.717) is 28.0 Å². The normalized spacial score (nSPS) is 22.0. The standard InChI is InChI=1S/C33H24N2O4/c1-39-23-17-15-20(16-18-23)27-28(29(36)21-9-3-2-4-10-21)35-30(24-12-6-5-11-22(24)19-34-35)33(27)31(37)25-13-7-8-14-26(25)32(33)38/h2-19,27-28,30H,1H3/t27-,28+,30+/m0/s1. The van der Waals surface area contributed by atoms with Gasteiger partial charge in [0, 0.05) is 22.6 Å². The molecule has 4 aromatic carbocycles. The number of hydrogen-bond acceptors (Lipinski definition) is 6. The monoisotopic (exact) mass is 512 g/mol. The highest BCUT2D eigenvalue weighted by atomic mass is 16.5. The minimum absolute atomic E-state index is 0.189. The van der Waals surface area contributed by atoms with Crippen LogP contribution in [-0.2, 0) is 0 Å². The topological polar surface area (TPSA) is 76.0 Å². The Morgan fingerprint density at radius 1 is 0.795 bits per heavy atom. The molecule has 6 heteroatoms. The average molecular weight is 513 g/mol. The molecule has 0 unspecified atom stereocenters. The molecule has 3 aliphatic rings. The van der Waals surface area contributed by atoms with Crippen molar-refractivity contribution in [1.29, 1.82) is 0 Å². The first-order chi connectivity index (χ1) is 19.1. The molecule has 0 amide bonds. The van der Waals surface area contributed by atoms with E-state index < -0.39 is 23.4 Å². The van der Waals surface area contributed by atoms with E-state index in [4.69, 9.17) is 9.84 Å². The van der Waals surface area contributed by atoms with Crippen LogP contribution >= 0.6 is 0 Å². The van der Waals surface area contributed by atoms with Crippen molar-refractivity contribution in [3.05, 3.63) is 137 Å². The van der Waals surface area contributed by atoms with Crippen molar-refractivity contribution in [1.82, 2.24) is 5.01 Å². The van der Waals surface area contributed by atoms with Gasteiger partial charge in [-0.1, -0.05) is 91.0 Å². The maximum Gasteiger partial charge on any atom is 0.187 e. The molecule has 1 saturated heterocycles.